The van der Waals surface area contributed by atoms with Crippen molar-refractivity contribution in [2.75, 3.05) is 6.54 Å². The zero-order chi connectivity index (χ0) is 17.7. The van der Waals surface area contributed by atoms with Crippen LogP contribution < -0.4 is 16.7 Å². The Hall–Kier alpha value is -2.54. The highest BCUT2D eigenvalue weighted by atomic mass is 35.5. The molecule has 0 atom stereocenters. The Labute approximate surface area is 142 Å². The monoisotopic (exact) mass is 352 g/mol. The number of ether oxygens (including phenoxy) is 1. The summed E-state index contributed by atoms with van der Waals surface area (Å²) in [6.07, 6.45) is 0.674. The van der Waals surface area contributed by atoms with Crippen molar-refractivity contribution in [3.05, 3.63) is 44.8 Å². The normalized spacial score (nSPS) is 10.6. The van der Waals surface area contributed by atoms with Gasteiger partial charge in [0.1, 0.15) is 12.2 Å². The summed E-state index contributed by atoms with van der Waals surface area (Å²) in [6, 6.07) is 3.95. The molecule has 128 valence electrons. The first kappa shape index (κ1) is 17.8. The van der Waals surface area contributed by atoms with Crippen molar-refractivity contribution < 1.29 is 18.7 Å². The lowest BCUT2D eigenvalue weighted by molar-refractivity contribution is -0.144. The molecule has 0 fully saturated rings. The number of hydrogen-bond donors (Lipinski definition) is 2. The predicted molar refractivity (Wildman–Crippen MR) is 88.9 cm³/mol. The smallest absolute Gasteiger partial charge is 0.336 e. The lowest BCUT2D eigenvalue weighted by Crippen LogP contribution is -2.31. The largest absolute Gasteiger partial charge is 0.461 e. The topological polar surface area (TPSA) is 112 Å². The van der Waals surface area contributed by atoms with E-state index in [1.165, 1.54) is 6.07 Å². The maximum absolute atomic E-state index is 11.7. The third-order valence-electron chi connectivity index (χ3n) is 3.40. The number of amides is 2. The molecular weight excluding hydrogens is 336 g/mol. The third-order valence-corrected chi connectivity index (χ3v) is 3.75. The van der Waals surface area contributed by atoms with Crippen molar-refractivity contribution in [2.45, 2.75) is 26.4 Å². The van der Waals surface area contributed by atoms with Crippen LogP contribution in [-0.2, 0) is 22.6 Å². The Morgan fingerprint density at radius 2 is 2.04 bits per heavy atom. The van der Waals surface area contributed by atoms with E-state index in [1.807, 2.05) is 6.92 Å². The van der Waals surface area contributed by atoms with Crippen LogP contribution in [0.3, 0.4) is 0 Å². The second kappa shape index (κ2) is 7.83. The molecule has 0 radical (unpaired) electrons. The highest BCUT2D eigenvalue weighted by molar-refractivity contribution is 6.32. The van der Waals surface area contributed by atoms with Crippen molar-refractivity contribution in [1.82, 2.24) is 5.32 Å². The molecule has 0 aliphatic heterocycles. The Kier molecular flexibility index (Phi) is 5.81. The summed E-state index contributed by atoms with van der Waals surface area (Å²) < 4.78 is 10.3. The van der Waals surface area contributed by atoms with Crippen LogP contribution in [0.5, 0.6) is 0 Å². The van der Waals surface area contributed by atoms with E-state index in [0.717, 1.165) is 5.56 Å². The number of esters is 1. The molecule has 0 saturated carbocycles. The third kappa shape index (κ3) is 4.48. The van der Waals surface area contributed by atoms with Crippen molar-refractivity contribution in [2.24, 2.45) is 5.73 Å². The first-order valence-corrected chi connectivity index (χ1v) is 7.72. The van der Waals surface area contributed by atoms with Crippen LogP contribution in [0.4, 0.5) is 4.79 Å². The fraction of sp³-hybridized carbons (Fsp3) is 0.312. The summed E-state index contributed by atoms with van der Waals surface area (Å²) in [4.78, 5) is 33.9. The van der Waals surface area contributed by atoms with Gasteiger partial charge in [-0.25, -0.2) is 9.59 Å². The molecule has 8 heteroatoms. The van der Waals surface area contributed by atoms with E-state index in [1.54, 1.807) is 12.1 Å². The van der Waals surface area contributed by atoms with E-state index >= 15 is 0 Å². The molecule has 0 saturated heterocycles. The molecule has 2 amide bonds. The molecule has 0 spiro atoms. The maximum Gasteiger partial charge on any atom is 0.336 e. The van der Waals surface area contributed by atoms with E-state index in [9.17, 15) is 14.4 Å². The zero-order valence-corrected chi connectivity index (χ0v) is 13.8. The van der Waals surface area contributed by atoms with Crippen LogP contribution >= 0.6 is 11.6 Å². The minimum atomic E-state index is -0.712. The van der Waals surface area contributed by atoms with Crippen LogP contribution in [0.15, 0.2) is 27.4 Å². The number of urea groups is 1. The van der Waals surface area contributed by atoms with Gasteiger partial charge in [0, 0.05) is 28.6 Å². The molecule has 0 aliphatic carbocycles. The Balaban J connectivity index is 2.16. The van der Waals surface area contributed by atoms with Gasteiger partial charge >= 0.3 is 17.6 Å². The number of nitrogens with one attached hydrogen (secondary N) is 1. The number of benzene rings is 1. The van der Waals surface area contributed by atoms with Crippen LogP contribution in [0.1, 0.15) is 24.5 Å². The number of aryl methyl sites for hydroxylation is 1. The highest BCUT2D eigenvalue weighted by Crippen LogP contribution is 2.26. The van der Waals surface area contributed by atoms with Crippen molar-refractivity contribution in [1.29, 1.82) is 0 Å². The second-order valence-corrected chi connectivity index (χ2v) is 5.49. The van der Waals surface area contributed by atoms with Gasteiger partial charge in [-0.1, -0.05) is 18.5 Å². The number of nitrogens with two attached hydrogens (primary N) is 1. The Morgan fingerprint density at radius 3 is 2.71 bits per heavy atom. The molecule has 2 rings (SSSR count). The lowest BCUT2D eigenvalue weighted by atomic mass is 10.1. The summed E-state index contributed by atoms with van der Waals surface area (Å²) in [6.45, 7) is 1.92. The minimum absolute atomic E-state index is 0.0247. The summed E-state index contributed by atoms with van der Waals surface area (Å²) >= 11 is 6.20. The SMILES string of the molecule is CCc1cc2oc(=O)cc(COC(=O)CCNC(N)=O)c2cc1Cl. The summed E-state index contributed by atoms with van der Waals surface area (Å²) in [5.74, 6) is -0.526. The van der Waals surface area contributed by atoms with Crippen LogP contribution in [-0.4, -0.2) is 18.5 Å². The van der Waals surface area contributed by atoms with Crippen molar-refractivity contribution in [3.63, 3.8) is 0 Å². The molecule has 1 aromatic heterocycles. The van der Waals surface area contributed by atoms with Crippen LogP contribution in [0.2, 0.25) is 5.02 Å². The van der Waals surface area contributed by atoms with Crippen LogP contribution in [0.25, 0.3) is 11.0 Å². The van der Waals surface area contributed by atoms with Crippen molar-refractivity contribution in [3.8, 4) is 0 Å². The molecule has 3 N–H and O–H groups in total. The van der Waals surface area contributed by atoms with E-state index < -0.39 is 17.6 Å². The van der Waals surface area contributed by atoms with Gasteiger partial charge in [0.15, 0.2) is 0 Å². The molecular formula is C16H17ClN2O5. The molecule has 1 heterocycles. The predicted octanol–water partition coefficient (Wildman–Crippen LogP) is 2.11. The van der Waals surface area contributed by atoms with Gasteiger partial charge in [0.2, 0.25) is 0 Å². The number of rotatable bonds is 6. The average Bonchev–Trinajstić information content (AvgIpc) is 2.52. The van der Waals surface area contributed by atoms with Crippen molar-refractivity contribution >= 4 is 34.6 Å². The van der Waals surface area contributed by atoms with Gasteiger partial charge in [0.25, 0.3) is 0 Å². The number of carbonyl (C=O) groups excluding carboxylic acids is 2. The first-order chi connectivity index (χ1) is 11.4. The summed E-state index contributed by atoms with van der Waals surface area (Å²) in [5.41, 5.74) is 6.12. The van der Waals surface area contributed by atoms with E-state index in [-0.39, 0.29) is 19.6 Å². The quantitative estimate of drug-likeness (QED) is 0.610. The molecule has 0 unspecified atom stereocenters. The second-order valence-electron chi connectivity index (χ2n) is 5.09. The molecule has 2 aromatic rings. The van der Waals surface area contributed by atoms with Gasteiger partial charge in [-0.2, -0.15) is 0 Å². The average molecular weight is 353 g/mol. The minimum Gasteiger partial charge on any atom is -0.461 e. The number of carbonyl (C=O) groups is 2. The van der Waals surface area contributed by atoms with Gasteiger partial charge in [-0.05, 0) is 24.1 Å². The number of hydrogen-bond acceptors (Lipinski definition) is 5. The fourth-order valence-corrected chi connectivity index (χ4v) is 2.49. The molecule has 7 nitrogen and oxygen atoms in total. The fourth-order valence-electron chi connectivity index (χ4n) is 2.20. The highest BCUT2D eigenvalue weighted by Gasteiger charge is 2.11. The number of fused-ring (bicyclic) bond motifs is 1. The van der Waals surface area contributed by atoms with E-state index in [2.05, 4.69) is 5.32 Å². The number of halogens is 1. The summed E-state index contributed by atoms with van der Waals surface area (Å²) in [5, 5.41) is 3.45. The van der Waals surface area contributed by atoms with Gasteiger partial charge < -0.3 is 20.2 Å². The molecule has 0 bridgehead atoms. The standard InChI is InChI=1S/C16H17ClN2O5/c1-2-9-5-13-11(7-12(9)17)10(6-15(21)24-13)8-23-14(20)3-4-19-16(18)22/h5-7H,2-4,8H2,1H3,(H3,18,19,22). The molecule has 24 heavy (non-hydrogen) atoms. The summed E-state index contributed by atoms with van der Waals surface area (Å²) in [7, 11) is 0. The molecule has 0 aliphatic rings. The van der Waals surface area contributed by atoms with Gasteiger partial charge in [0.05, 0.1) is 6.42 Å². The van der Waals surface area contributed by atoms with Gasteiger partial charge in [-0.15, -0.1) is 0 Å². The molecule has 1 aromatic carbocycles. The van der Waals surface area contributed by atoms with E-state index in [4.69, 9.17) is 26.5 Å². The lowest BCUT2D eigenvalue weighted by Gasteiger charge is -2.09. The Morgan fingerprint density at radius 1 is 1.29 bits per heavy atom. The van der Waals surface area contributed by atoms with Crippen LogP contribution in [0, 0.1) is 0 Å². The number of primary amides is 1. The zero-order valence-electron chi connectivity index (χ0n) is 13.1. The van der Waals surface area contributed by atoms with Gasteiger partial charge in [-0.3, -0.25) is 4.79 Å². The maximum atomic E-state index is 11.7. The first-order valence-electron chi connectivity index (χ1n) is 7.34. The van der Waals surface area contributed by atoms with E-state index in [0.29, 0.717) is 28.0 Å². The Bertz CT molecular complexity index is 831.